The second-order valence-corrected chi connectivity index (χ2v) is 3.18. The Morgan fingerprint density at radius 1 is 1.31 bits per heavy atom. The Morgan fingerprint density at radius 3 is 2.62 bits per heavy atom. The number of aldehydes is 1. The molecule has 2 N–H and O–H groups in total. The van der Waals surface area contributed by atoms with E-state index in [1.807, 2.05) is 18.2 Å². The van der Waals surface area contributed by atoms with Crippen LogP contribution < -0.4 is 5.73 Å². The summed E-state index contributed by atoms with van der Waals surface area (Å²) in [4.78, 5) is 10.2. The maximum absolute atomic E-state index is 10.2. The van der Waals surface area contributed by atoms with Crippen molar-refractivity contribution in [3.05, 3.63) is 35.9 Å². The molecule has 0 saturated heterocycles. The van der Waals surface area contributed by atoms with Gasteiger partial charge in [-0.1, -0.05) is 30.3 Å². The number of nitrogens with two attached hydrogens (primary N) is 1. The molecule has 0 saturated carbocycles. The Bertz CT molecular complexity index is 246. The van der Waals surface area contributed by atoms with Crippen LogP contribution in [0.2, 0.25) is 0 Å². The van der Waals surface area contributed by atoms with E-state index in [9.17, 15) is 4.79 Å². The zero-order chi connectivity index (χ0) is 9.52. The molecule has 1 aromatic carbocycles. The third-order valence-electron chi connectivity index (χ3n) is 2.02. The van der Waals surface area contributed by atoms with Crippen LogP contribution in [-0.4, -0.2) is 12.3 Å². The first kappa shape index (κ1) is 9.93. The van der Waals surface area contributed by atoms with Gasteiger partial charge in [0.05, 0.1) is 6.04 Å². The van der Waals surface area contributed by atoms with Crippen molar-refractivity contribution < 1.29 is 4.79 Å². The summed E-state index contributed by atoms with van der Waals surface area (Å²) in [5.41, 5.74) is 6.78. The van der Waals surface area contributed by atoms with Gasteiger partial charge in [0.2, 0.25) is 0 Å². The van der Waals surface area contributed by atoms with Gasteiger partial charge < -0.3 is 10.5 Å². The minimum absolute atomic E-state index is 0.288. The van der Waals surface area contributed by atoms with Crippen LogP contribution in [0.4, 0.5) is 0 Å². The highest BCUT2D eigenvalue weighted by molar-refractivity contribution is 5.56. The van der Waals surface area contributed by atoms with Crippen LogP contribution in [0.3, 0.4) is 0 Å². The first-order chi connectivity index (χ1) is 6.33. The summed E-state index contributed by atoms with van der Waals surface area (Å²) in [6.07, 6.45) is 3.57. The van der Waals surface area contributed by atoms with Crippen molar-refractivity contribution >= 4 is 6.29 Å². The SMILES string of the molecule is N[C@@H](C=O)CCCc1ccccc1. The van der Waals surface area contributed by atoms with Crippen LogP contribution >= 0.6 is 0 Å². The minimum Gasteiger partial charge on any atom is -0.322 e. The largest absolute Gasteiger partial charge is 0.322 e. The van der Waals surface area contributed by atoms with E-state index < -0.39 is 0 Å². The Morgan fingerprint density at radius 2 is 2.00 bits per heavy atom. The van der Waals surface area contributed by atoms with Gasteiger partial charge in [-0.2, -0.15) is 0 Å². The van der Waals surface area contributed by atoms with E-state index >= 15 is 0 Å². The fraction of sp³-hybridized carbons (Fsp3) is 0.364. The van der Waals surface area contributed by atoms with Crippen molar-refractivity contribution in [3.63, 3.8) is 0 Å². The van der Waals surface area contributed by atoms with E-state index in [1.54, 1.807) is 0 Å². The molecule has 1 aromatic rings. The molecule has 0 amide bonds. The van der Waals surface area contributed by atoms with Crippen molar-refractivity contribution in [3.8, 4) is 0 Å². The molecule has 0 radical (unpaired) electrons. The van der Waals surface area contributed by atoms with Crippen LogP contribution in [0.15, 0.2) is 30.3 Å². The number of carbonyl (C=O) groups is 1. The molecular formula is C11H15NO. The lowest BCUT2D eigenvalue weighted by Crippen LogP contribution is -2.21. The highest BCUT2D eigenvalue weighted by Gasteiger charge is 1.99. The maximum Gasteiger partial charge on any atom is 0.136 e. The molecule has 0 unspecified atom stereocenters. The van der Waals surface area contributed by atoms with E-state index in [4.69, 9.17) is 5.73 Å². The van der Waals surface area contributed by atoms with Crippen molar-refractivity contribution in [2.24, 2.45) is 5.73 Å². The summed E-state index contributed by atoms with van der Waals surface area (Å²) >= 11 is 0. The molecule has 0 aliphatic rings. The number of benzene rings is 1. The lowest BCUT2D eigenvalue weighted by atomic mass is 10.1. The van der Waals surface area contributed by atoms with Gasteiger partial charge in [0.25, 0.3) is 0 Å². The lowest BCUT2D eigenvalue weighted by Gasteiger charge is -2.03. The van der Waals surface area contributed by atoms with Gasteiger partial charge in [-0.05, 0) is 24.8 Å². The first-order valence-electron chi connectivity index (χ1n) is 4.57. The van der Waals surface area contributed by atoms with Crippen molar-refractivity contribution in [1.29, 1.82) is 0 Å². The van der Waals surface area contributed by atoms with E-state index in [2.05, 4.69) is 12.1 Å². The monoisotopic (exact) mass is 177 g/mol. The van der Waals surface area contributed by atoms with E-state index in [-0.39, 0.29) is 6.04 Å². The Balaban J connectivity index is 2.24. The quantitative estimate of drug-likeness (QED) is 0.693. The van der Waals surface area contributed by atoms with Crippen LogP contribution in [-0.2, 0) is 11.2 Å². The van der Waals surface area contributed by atoms with E-state index in [0.29, 0.717) is 0 Å². The topological polar surface area (TPSA) is 43.1 Å². The summed E-state index contributed by atoms with van der Waals surface area (Å²) in [7, 11) is 0. The third kappa shape index (κ3) is 3.85. The molecule has 1 rings (SSSR count). The van der Waals surface area contributed by atoms with E-state index in [1.165, 1.54) is 5.56 Å². The molecule has 0 bridgehead atoms. The Labute approximate surface area is 78.8 Å². The zero-order valence-electron chi connectivity index (χ0n) is 7.65. The van der Waals surface area contributed by atoms with Gasteiger partial charge >= 0.3 is 0 Å². The molecular weight excluding hydrogens is 162 g/mol. The molecule has 0 heterocycles. The Kier molecular flexibility index (Phi) is 4.19. The molecule has 70 valence electrons. The predicted molar refractivity (Wildman–Crippen MR) is 53.4 cm³/mol. The second kappa shape index (κ2) is 5.49. The molecule has 1 atom stereocenters. The standard InChI is InChI=1S/C11H15NO/c12-11(9-13)8-4-7-10-5-2-1-3-6-10/h1-3,5-6,9,11H,4,7-8,12H2/t11-/m1/s1. The molecule has 13 heavy (non-hydrogen) atoms. The van der Waals surface area contributed by atoms with Gasteiger partial charge in [-0.25, -0.2) is 0 Å². The van der Waals surface area contributed by atoms with Gasteiger partial charge in [0, 0.05) is 0 Å². The smallest absolute Gasteiger partial charge is 0.136 e. The predicted octanol–water partition coefficient (Wildman–Crippen LogP) is 1.54. The lowest BCUT2D eigenvalue weighted by molar-refractivity contribution is -0.109. The summed E-state index contributed by atoms with van der Waals surface area (Å²) < 4.78 is 0. The summed E-state index contributed by atoms with van der Waals surface area (Å²) in [6, 6.07) is 9.94. The highest BCUT2D eigenvalue weighted by atomic mass is 16.1. The summed E-state index contributed by atoms with van der Waals surface area (Å²) in [5.74, 6) is 0. The highest BCUT2D eigenvalue weighted by Crippen LogP contribution is 2.04. The zero-order valence-corrected chi connectivity index (χ0v) is 7.65. The van der Waals surface area contributed by atoms with E-state index in [0.717, 1.165) is 25.5 Å². The van der Waals surface area contributed by atoms with Crippen LogP contribution in [0, 0.1) is 0 Å². The second-order valence-electron chi connectivity index (χ2n) is 3.18. The fourth-order valence-corrected chi connectivity index (χ4v) is 1.25. The molecule has 0 aromatic heterocycles. The summed E-state index contributed by atoms with van der Waals surface area (Å²) in [5, 5.41) is 0. The number of carbonyl (C=O) groups excluding carboxylic acids is 1. The minimum atomic E-state index is -0.288. The van der Waals surface area contributed by atoms with Crippen molar-refractivity contribution in [2.45, 2.75) is 25.3 Å². The molecule has 2 heteroatoms. The van der Waals surface area contributed by atoms with Gasteiger partial charge in [0.1, 0.15) is 6.29 Å². The molecule has 2 nitrogen and oxygen atoms in total. The molecule has 0 spiro atoms. The number of hydrogen-bond donors (Lipinski definition) is 1. The van der Waals surface area contributed by atoms with Gasteiger partial charge in [0.15, 0.2) is 0 Å². The van der Waals surface area contributed by atoms with Crippen LogP contribution in [0.1, 0.15) is 18.4 Å². The van der Waals surface area contributed by atoms with Gasteiger partial charge in [-0.15, -0.1) is 0 Å². The van der Waals surface area contributed by atoms with Crippen LogP contribution in [0.5, 0.6) is 0 Å². The Hall–Kier alpha value is -1.15. The number of hydrogen-bond acceptors (Lipinski definition) is 2. The normalized spacial score (nSPS) is 12.4. The fourth-order valence-electron chi connectivity index (χ4n) is 1.25. The third-order valence-corrected chi connectivity index (χ3v) is 2.02. The van der Waals surface area contributed by atoms with Crippen molar-refractivity contribution in [1.82, 2.24) is 0 Å². The molecule has 0 aliphatic carbocycles. The number of rotatable bonds is 5. The maximum atomic E-state index is 10.2. The number of aryl methyl sites for hydroxylation is 1. The summed E-state index contributed by atoms with van der Waals surface area (Å²) in [6.45, 7) is 0. The average molecular weight is 177 g/mol. The van der Waals surface area contributed by atoms with Crippen molar-refractivity contribution in [2.75, 3.05) is 0 Å². The first-order valence-corrected chi connectivity index (χ1v) is 4.57. The average Bonchev–Trinajstić information content (AvgIpc) is 2.19. The molecule has 0 fully saturated rings. The molecule has 0 aliphatic heterocycles. The van der Waals surface area contributed by atoms with Gasteiger partial charge in [-0.3, -0.25) is 0 Å². The van der Waals surface area contributed by atoms with Crippen LogP contribution in [0.25, 0.3) is 0 Å².